The van der Waals surface area contributed by atoms with Gasteiger partial charge in [0.15, 0.2) is 0 Å². The fourth-order valence-electron chi connectivity index (χ4n) is 1.27. The van der Waals surface area contributed by atoms with Crippen LogP contribution in [-0.4, -0.2) is 31.5 Å². The normalized spacial score (nSPS) is 10.4. The van der Waals surface area contributed by atoms with E-state index < -0.39 is 0 Å². The van der Waals surface area contributed by atoms with Crippen LogP contribution in [-0.2, 0) is 6.54 Å². The van der Waals surface area contributed by atoms with Gasteiger partial charge in [-0.05, 0) is 18.5 Å². The van der Waals surface area contributed by atoms with Crippen molar-refractivity contribution in [2.75, 3.05) is 11.9 Å². The van der Waals surface area contributed by atoms with Gasteiger partial charge in [0.1, 0.15) is 5.82 Å². The first-order valence-electron chi connectivity index (χ1n) is 4.83. The van der Waals surface area contributed by atoms with Crippen molar-refractivity contribution < 1.29 is 0 Å². The number of nitrogens with zero attached hydrogens (tertiary/aromatic N) is 5. The molecule has 2 rings (SSSR count). The van der Waals surface area contributed by atoms with Crippen molar-refractivity contribution in [3.8, 4) is 0 Å². The second-order valence-electron chi connectivity index (χ2n) is 3.26. The molecule has 0 aliphatic carbocycles. The van der Waals surface area contributed by atoms with E-state index in [2.05, 4.69) is 25.6 Å². The molecule has 84 valence electrons. The summed E-state index contributed by atoms with van der Waals surface area (Å²) in [5.74, 6) is 0.720. The molecule has 2 aromatic rings. The molecular formula is C9H11ClN6. The number of hydrogen-bond acceptors (Lipinski definition) is 5. The zero-order valence-electron chi connectivity index (χ0n) is 8.76. The minimum atomic E-state index is 0.253. The maximum Gasteiger partial charge on any atom is 0.224 e. The van der Waals surface area contributed by atoms with E-state index in [-0.39, 0.29) is 5.28 Å². The van der Waals surface area contributed by atoms with E-state index >= 15 is 0 Å². The smallest absolute Gasteiger partial charge is 0.224 e. The van der Waals surface area contributed by atoms with Gasteiger partial charge in [-0.15, -0.1) is 5.10 Å². The lowest BCUT2D eigenvalue weighted by molar-refractivity contribution is 0.608. The molecule has 2 aromatic heterocycles. The van der Waals surface area contributed by atoms with E-state index in [1.165, 1.54) is 0 Å². The van der Waals surface area contributed by atoms with Crippen molar-refractivity contribution in [3.05, 3.63) is 29.4 Å². The van der Waals surface area contributed by atoms with Crippen molar-refractivity contribution in [2.24, 2.45) is 0 Å². The van der Waals surface area contributed by atoms with Crippen LogP contribution in [0.2, 0.25) is 5.28 Å². The molecule has 0 bridgehead atoms. The third-order valence-corrected chi connectivity index (χ3v) is 2.11. The van der Waals surface area contributed by atoms with E-state index in [4.69, 9.17) is 11.6 Å². The van der Waals surface area contributed by atoms with Gasteiger partial charge in [0, 0.05) is 24.5 Å². The van der Waals surface area contributed by atoms with Gasteiger partial charge in [0.25, 0.3) is 0 Å². The Morgan fingerprint density at radius 2 is 2.31 bits per heavy atom. The lowest BCUT2D eigenvalue weighted by Gasteiger charge is -2.05. The summed E-state index contributed by atoms with van der Waals surface area (Å²) in [6.45, 7) is 3.30. The summed E-state index contributed by atoms with van der Waals surface area (Å²) >= 11 is 5.74. The Bertz CT molecular complexity index is 435. The maximum absolute atomic E-state index is 5.74. The van der Waals surface area contributed by atoms with Crippen LogP contribution in [0.15, 0.2) is 18.5 Å². The van der Waals surface area contributed by atoms with Crippen LogP contribution in [0.5, 0.6) is 0 Å². The quantitative estimate of drug-likeness (QED) is 0.809. The monoisotopic (exact) mass is 238 g/mol. The highest BCUT2D eigenvalue weighted by Gasteiger charge is 1.99. The molecule has 0 atom stereocenters. The molecule has 7 heteroatoms. The molecule has 0 saturated heterocycles. The third-order valence-electron chi connectivity index (χ3n) is 1.95. The first-order valence-corrected chi connectivity index (χ1v) is 5.21. The standard InChI is InChI=1S/C9H11ClN6/c1-7-6-8(14-9(10)13-7)11-2-4-16-5-3-12-15-16/h3,5-6H,2,4H2,1H3,(H,11,13,14). The maximum atomic E-state index is 5.74. The molecule has 6 nitrogen and oxygen atoms in total. The fraction of sp³-hybridized carbons (Fsp3) is 0.333. The Hall–Kier alpha value is -1.69. The number of aromatic nitrogens is 5. The number of anilines is 1. The highest BCUT2D eigenvalue weighted by Crippen LogP contribution is 2.09. The van der Waals surface area contributed by atoms with Crippen LogP contribution in [0.4, 0.5) is 5.82 Å². The minimum absolute atomic E-state index is 0.253. The van der Waals surface area contributed by atoms with Gasteiger partial charge in [0.2, 0.25) is 5.28 Å². The van der Waals surface area contributed by atoms with Gasteiger partial charge in [-0.2, -0.15) is 0 Å². The van der Waals surface area contributed by atoms with Crippen molar-refractivity contribution >= 4 is 17.4 Å². The summed E-state index contributed by atoms with van der Waals surface area (Å²) in [6, 6.07) is 1.84. The topological polar surface area (TPSA) is 68.5 Å². The minimum Gasteiger partial charge on any atom is -0.368 e. The van der Waals surface area contributed by atoms with Gasteiger partial charge in [0.05, 0.1) is 12.7 Å². The lowest BCUT2D eigenvalue weighted by atomic mass is 10.4. The molecule has 0 unspecified atom stereocenters. The van der Waals surface area contributed by atoms with Gasteiger partial charge in [-0.1, -0.05) is 5.21 Å². The summed E-state index contributed by atoms with van der Waals surface area (Å²) in [6.07, 6.45) is 3.45. The Labute approximate surface area is 97.7 Å². The first kappa shape index (κ1) is 10.8. The highest BCUT2D eigenvalue weighted by atomic mass is 35.5. The van der Waals surface area contributed by atoms with Crippen molar-refractivity contribution in [3.63, 3.8) is 0 Å². The predicted octanol–water partition coefficient (Wildman–Crippen LogP) is 1.14. The van der Waals surface area contributed by atoms with Gasteiger partial charge in [-0.3, -0.25) is 4.68 Å². The van der Waals surface area contributed by atoms with Crippen molar-refractivity contribution in [1.82, 2.24) is 25.0 Å². The van der Waals surface area contributed by atoms with Crippen LogP contribution in [0.1, 0.15) is 5.69 Å². The van der Waals surface area contributed by atoms with Crippen LogP contribution in [0.3, 0.4) is 0 Å². The molecule has 16 heavy (non-hydrogen) atoms. The summed E-state index contributed by atoms with van der Waals surface area (Å²) < 4.78 is 1.74. The molecule has 0 amide bonds. The third kappa shape index (κ3) is 2.90. The SMILES string of the molecule is Cc1cc(NCCn2ccnn2)nc(Cl)n1. The van der Waals surface area contributed by atoms with Crippen LogP contribution < -0.4 is 5.32 Å². The second-order valence-corrected chi connectivity index (χ2v) is 3.59. The zero-order valence-corrected chi connectivity index (χ0v) is 9.52. The van der Waals surface area contributed by atoms with Gasteiger partial charge >= 0.3 is 0 Å². The Balaban J connectivity index is 1.89. The lowest BCUT2D eigenvalue weighted by Crippen LogP contribution is -2.12. The molecule has 1 N–H and O–H groups in total. The molecular weight excluding hydrogens is 228 g/mol. The molecule has 0 radical (unpaired) electrons. The molecule has 0 aromatic carbocycles. The van der Waals surface area contributed by atoms with E-state index in [1.54, 1.807) is 17.1 Å². The summed E-state index contributed by atoms with van der Waals surface area (Å²) in [5, 5.41) is 11.0. The highest BCUT2D eigenvalue weighted by molar-refractivity contribution is 6.28. The Morgan fingerprint density at radius 3 is 3.00 bits per heavy atom. The molecule has 0 aliphatic rings. The molecule has 0 fully saturated rings. The second kappa shape index (κ2) is 4.89. The van der Waals surface area contributed by atoms with E-state index in [9.17, 15) is 0 Å². The van der Waals surface area contributed by atoms with Crippen molar-refractivity contribution in [2.45, 2.75) is 13.5 Å². The fourth-order valence-corrected chi connectivity index (χ4v) is 1.50. The number of nitrogens with one attached hydrogen (secondary N) is 1. The predicted molar refractivity (Wildman–Crippen MR) is 60.3 cm³/mol. The summed E-state index contributed by atoms with van der Waals surface area (Å²) in [7, 11) is 0. The Morgan fingerprint density at radius 1 is 1.44 bits per heavy atom. The first-order chi connectivity index (χ1) is 7.74. The molecule has 0 saturated carbocycles. The van der Waals surface area contributed by atoms with Crippen LogP contribution in [0, 0.1) is 6.92 Å². The Kier molecular flexibility index (Phi) is 3.31. The van der Waals surface area contributed by atoms with E-state index in [1.807, 2.05) is 13.0 Å². The van der Waals surface area contributed by atoms with Crippen LogP contribution in [0.25, 0.3) is 0 Å². The number of rotatable bonds is 4. The van der Waals surface area contributed by atoms with Crippen molar-refractivity contribution in [1.29, 1.82) is 0 Å². The molecule has 2 heterocycles. The average Bonchev–Trinajstić information content (AvgIpc) is 2.69. The number of aryl methyl sites for hydroxylation is 1. The number of hydrogen-bond donors (Lipinski definition) is 1. The van der Waals surface area contributed by atoms with E-state index in [0.717, 1.165) is 18.1 Å². The molecule has 0 aliphatic heterocycles. The van der Waals surface area contributed by atoms with E-state index in [0.29, 0.717) is 6.54 Å². The van der Waals surface area contributed by atoms with Gasteiger partial charge in [-0.25, -0.2) is 9.97 Å². The number of halogens is 1. The summed E-state index contributed by atoms with van der Waals surface area (Å²) in [5.41, 5.74) is 0.836. The van der Waals surface area contributed by atoms with Crippen LogP contribution >= 0.6 is 11.6 Å². The largest absolute Gasteiger partial charge is 0.368 e. The van der Waals surface area contributed by atoms with Gasteiger partial charge < -0.3 is 5.32 Å². The summed E-state index contributed by atoms with van der Waals surface area (Å²) in [4.78, 5) is 8.03. The molecule has 0 spiro atoms. The zero-order chi connectivity index (χ0) is 11.4. The average molecular weight is 239 g/mol.